The Morgan fingerprint density at radius 2 is 1.83 bits per heavy atom. The Hall–Kier alpha value is -1.84. The highest BCUT2D eigenvalue weighted by molar-refractivity contribution is 6.30. The summed E-state index contributed by atoms with van der Waals surface area (Å²) in [7, 11) is 0. The molecule has 1 unspecified atom stereocenters. The molecule has 124 valence electrons. The predicted molar refractivity (Wildman–Crippen MR) is 97.4 cm³/mol. The molecule has 2 fully saturated rings. The number of rotatable bonds is 4. The molecular formula is C20H21ClN2O. The van der Waals surface area contributed by atoms with Crippen molar-refractivity contribution in [1.82, 2.24) is 4.90 Å². The van der Waals surface area contributed by atoms with Gasteiger partial charge in [-0.2, -0.15) is 0 Å². The second-order valence-electron chi connectivity index (χ2n) is 6.63. The van der Waals surface area contributed by atoms with Gasteiger partial charge in [-0.05, 0) is 42.1 Å². The van der Waals surface area contributed by atoms with Crippen LogP contribution in [0.3, 0.4) is 0 Å². The third-order valence-electron chi connectivity index (χ3n) is 5.06. The maximum absolute atomic E-state index is 6.03. The molecule has 0 aliphatic carbocycles. The molecule has 24 heavy (non-hydrogen) atoms. The zero-order valence-electron chi connectivity index (χ0n) is 13.6. The van der Waals surface area contributed by atoms with Crippen molar-refractivity contribution in [3.8, 4) is 0 Å². The summed E-state index contributed by atoms with van der Waals surface area (Å²) in [5, 5.41) is 5.30. The Morgan fingerprint density at radius 3 is 2.62 bits per heavy atom. The fourth-order valence-corrected chi connectivity index (χ4v) is 3.94. The fraction of sp³-hybridized carbons (Fsp3) is 0.350. The molecule has 3 atom stereocenters. The van der Waals surface area contributed by atoms with Crippen molar-refractivity contribution in [2.45, 2.75) is 18.9 Å². The monoisotopic (exact) mass is 340 g/mol. The van der Waals surface area contributed by atoms with Gasteiger partial charge in [0.05, 0.1) is 5.71 Å². The molecule has 2 bridgehead atoms. The maximum atomic E-state index is 6.03. The van der Waals surface area contributed by atoms with Crippen LogP contribution in [0.1, 0.15) is 23.5 Å². The maximum Gasteiger partial charge on any atom is 0.142 e. The number of nitrogens with zero attached hydrogens (tertiary/aromatic N) is 2. The molecule has 2 saturated heterocycles. The lowest BCUT2D eigenvalue weighted by atomic mass is 9.81. The van der Waals surface area contributed by atoms with E-state index >= 15 is 0 Å². The molecule has 0 saturated carbocycles. The van der Waals surface area contributed by atoms with Crippen molar-refractivity contribution in [1.29, 1.82) is 0 Å². The molecule has 2 aliphatic heterocycles. The Bertz CT molecular complexity index is 714. The molecule has 2 aliphatic rings. The van der Waals surface area contributed by atoms with Crippen LogP contribution in [0.15, 0.2) is 59.8 Å². The number of benzene rings is 2. The van der Waals surface area contributed by atoms with Gasteiger partial charge in [0, 0.05) is 24.0 Å². The van der Waals surface area contributed by atoms with Crippen LogP contribution in [-0.2, 0) is 11.4 Å². The highest BCUT2D eigenvalue weighted by Crippen LogP contribution is 2.38. The van der Waals surface area contributed by atoms with E-state index in [0.29, 0.717) is 18.4 Å². The van der Waals surface area contributed by atoms with E-state index in [0.717, 1.165) is 30.2 Å². The Balaban J connectivity index is 1.47. The number of piperidine rings is 1. The molecule has 0 spiro atoms. The van der Waals surface area contributed by atoms with Crippen LogP contribution in [0.2, 0.25) is 5.02 Å². The van der Waals surface area contributed by atoms with Gasteiger partial charge in [-0.1, -0.05) is 59.2 Å². The number of hydrogen-bond acceptors (Lipinski definition) is 3. The average Bonchev–Trinajstić information content (AvgIpc) is 2.93. The van der Waals surface area contributed by atoms with Crippen LogP contribution >= 0.6 is 11.6 Å². The zero-order valence-corrected chi connectivity index (χ0v) is 14.3. The minimum absolute atomic E-state index is 0.454. The van der Waals surface area contributed by atoms with Crippen LogP contribution in [-0.4, -0.2) is 30.2 Å². The van der Waals surface area contributed by atoms with E-state index in [4.69, 9.17) is 16.4 Å². The lowest BCUT2D eigenvalue weighted by Gasteiger charge is -2.30. The summed E-state index contributed by atoms with van der Waals surface area (Å²) < 4.78 is 0. The van der Waals surface area contributed by atoms with E-state index in [2.05, 4.69) is 34.3 Å². The van der Waals surface area contributed by atoms with Crippen LogP contribution in [0.25, 0.3) is 0 Å². The van der Waals surface area contributed by atoms with Gasteiger partial charge in [0.1, 0.15) is 6.61 Å². The second-order valence-corrected chi connectivity index (χ2v) is 7.07. The number of hydrogen-bond donors (Lipinski definition) is 0. The third-order valence-corrected chi connectivity index (χ3v) is 5.32. The largest absolute Gasteiger partial charge is 0.391 e. The van der Waals surface area contributed by atoms with Gasteiger partial charge in [0.25, 0.3) is 0 Å². The molecule has 2 heterocycles. The van der Waals surface area contributed by atoms with Crippen molar-refractivity contribution in [3.05, 3.63) is 70.7 Å². The van der Waals surface area contributed by atoms with Crippen LogP contribution in [0, 0.1) is 5.92 Å². The van der Waals surface area contributed by atoms with E-state index in [1.165, 1.54) is 17.7 Å². The smallest absolute Gasteiger partial charge is 0.142 e. The van der Waals surface area contributed by atoms with Crippen LogP contribution in [0.5, 0.6) is 0 Å². The van der Waals surface area contributed by atoms with Gasteiger partial charge in [-0.25, -0.2) is 0 Å². The van der Waals surface area contributed by atoms with Gasteiger partial charge in [-0.15, -0.1) is 0 Å². The molecular weight excluding hydrogens is 320 g/mol. The SMILES string of the molecule is Clc1ccc([C@@H]2CCN3C/C(=N\OCc4ccccc4)[C@H]2C3)cc1. The van der Waals surface area contributed by atoms with E-state index in [-0.39, 0.29) is 0 Å². The summed E-state index contributed by atoms with van der Waals surface area (Å²) in [4.78, 5) is 8.13. The highest BCUT2D eigenvalue weighted by atomic mass is 35.5. The first kappa shape index (κ1) is 15.7. The second kappa shape index (κ2) is 6.96. The Labute approximate surface area is 147 Å². The fourth-order valence-electron chi connectivity index (χ4n) is 3.82. The van der Waals surface area contributed by atoms with Gasteiger partial charge < -0.3 is 4.84 Å². The average molecular weight is 341 g/mol. The topological polar surface area (TPSA) is 24.8 Å². The first-order chi connectivity index (χ1) is 11.8. The number of oxime groups is 1. The summed E-state index contributed by atoms with van der Waals surface area (Å²) in [6.45, 7) is 3.68. The molecule has 0 radical (unpaired) electrons. The Kier molecular flexibility index (Phi) is 4.54. The number of halogens is 1. The summed E-state index contributed by atoms with van der Waals surface area (Å²) in [6.07, 6.45) is 1.17. The summed E-state index contributed by atoms with van der Waals surface area (Å²) >= 11 is 6.03. The number of fused-ring (bicyclic) bond motifs is 2. The third kappa shape index (κ3) is 3.33. The minimum atomic E-state index is 0.454. The summed E-state index contributed by atoms with van der Waals surface area (Å²) in [5.74, 6) is 0.968. The van der Waals surface area contributed by atoms with Crippen molar-refractivity contribution >= 4 is 17.3 Å². The van der Waals surface area contributed by atoms with Gasteiger partial charge >= 0.3 is 0 Å². The van der Waals surface area contributed by atoms with E-state index < -0.39 is 0 Å². The van der Waals surface area contributed by atoms with E-state index in [1.807, 2.05) is 30.3 Å². The Morgan fingerprint density at radius 1 is 1.04 bits per heavy atom. The van der Waals surface area contributed by atoms with Crippen LogP contribution < -0.4 is 0 Å². The zero-order chi connectivity index (χ0) is 16.4. The molecule has 4 heteroatoms. The molecule has 4 rings (SSSR count). The first-order valence-electron chi connectivity index (χ1n) is 8.50. The van der Waals surface area contributed by atoms with Crippen molar-refractivity contribution < 1.29 is 4.84 Å². The molecule has 2 aromatic rings. The summed E-state index contributed by atoms with van der Waals surface area (Å²) in [5.41, 5.74) is 3.70. The summed E-state index contributed by atoms with van der Waals surface area (Å²) in [6, 6.07) is 18.5. The van der Waals surface area contributed by atoms with Crippen LogP contribution in [0.4, 0.5) is 0 Å². The first-order valence-corrected chi connectivity index (χ1v) is 8.88. The lowest BCUT2D eigenvalue weighted by Crippen LogP contribution is -2.31. The molecule has 0 N–H and O–H groups in total. The normalized spacial score (nSPS) is 27.4. The van der Waals surface area contributed by atoms with Gasteiger partial charge in [0.2, 0.25) is 0 Å². The van der Waals surface area contributed by atoms with Gasteiger partial charge in [0.15, 0.2) is 0 Å². The predicted octanol–water partition coefficient (Wildman–Crippen LogP) is 4.33. The highest BCUT2D eigenvalue weighted by Gasteiger charge is 2.40. The molecule has 2 aromatic carbocycles. The lowest BCUT2D eigenvalue weighted by molar-refractivity contribution is 0.129. The van der Waals surface area contributed by atoms with Crippen molar-refractivity contribution in [2.75, 3.05) is 19.6 Å². The van der Waals surface area contributed by atoms with Crippen molar-refractivity contribution in [2.24, 2.45) is 11.1 Å². The van der Waals surface area contributed by atoms with E-state index in [1.54, 1.807) is 0 Å². The standard InChI is InChI=1S/C20H21ClN2O/c21-17-8-6-16(7-9-17)18-10-11-23-12-19(18)20(13-23)22-24-14-15-4-2-1-3-5-15/h1-9,18-19H,10-14H2/b22-20+/t18-,19-/m0/s1. The molecule has 0 amide bonds. The van der Waals surface area contributed by atoms with E-state index in [9.17, 15) is 0 Å². The van der Waals surface area contributed by atoms with Crippen molar-refractivity contribution in [3.63, 3.8) is 0 Å². The van der Waals surface area contributed by atoms with Gasteiger partial charge in [-0.3, -0.25) is 4.90 Å². The minimum Gasteiger partial charge on any atom is -0.391 e. The molecule has 3 nitrogen and oxygen atoms in total. The quantitative estimate of drug-likeness (QED) is 0.774. The molecule has 0 aromatic heterocycles.